The van der Waals surface area contributed by atoms with Gasteiger partial charge in [-0.15, -0.1) is 0 Å². The third-order valence-electron chi connectivity index (χ3n) is 7.48. The Kier molecular flexibility index (Phi) is 5.46. The Balaban J connectivity index is 1.39. The lowest BCUT2D eigenvalue weighted by molar-refractivity contribution is 0.185. The van der Waals surface area contributed by atoms with Crippen molar-refractivity contribution in [2.75, 3.05) is 23.7 Å². The number of thioether (sulfide) groups is 1. The highest BCUT2D eigenvalue weighted by Crippen LogP contribution is 2.48. The second kappa shape index (κ2) is 8.04. The van der Waals surface area contributed by atoms with Gasteiger partial charge in [0.1, 0.15) is 10.9 Å². The van der Waals surface area contributed by atoms with Crippen LogP contribution in [0.1, 0.15) is 43.9 Å². The van der Waals surface area contributed by atoms with Crippen molar-refractivity contribution in [3.05, 3.63) is 38.9 Å². The molecule has 2 aromatic heterocycles. The largest absolute Gasteiger partial charge is 0.382 e. The molecular weight excluding hydrogens is 446 g/mol. The number of hydrogen-bond donors (Lipinski definition) is 2. The van der Waals surface area contributed by atoms with Crippen LogP contribution in [0.25, 0.3) is 0 Å². The lowest BCUT2D eigenvalue weighted by Gasteiger charge is -2.43. The maximum Gasteiger partial charge on any atom is 0.265 e. The van der Waals surface area contributed by atoms with Crippen LogP contribution in [0.2, 0.25) is 5.02 Å². The maximum absolute atomic E-state index is 13.3. The van der Waals surface area contributed by atoms with Crippen LogP contribution in [0.5, 0.6) is 0 Å². The third-order valence-corrected chi connectivity index (χ3v) is 9.07. The highest BCUT2D eigenvalue weighted by atomic mass is 35.5. The van der Waals surface area contributed by atoms with Gasteiger partial charge in [-0.1, -0.05) is 30.3 Å². The Labute approximate surface area is 196 Å². The second-order valence-electron chi connectivity index (χ2n) is 9.22. The molecule has 3 aliphatic rings. The van der Waals surface area contributed by atoms with Crippen molar-refractivity contribution in [1.29, 1.82) is 0 Å². The molecule has 1 saturated heterocycles. The number of piperidine rings is 1. The smallest absolute Gasteiger partial charge is 0.265 e. The van der Waals surface area contributed by atoms with E-state index < -0.39 is 0 Å². The van der Waals surface area contributed by atoms with E-state index >= 15 is 0 Å². The summed E-state index contributed by atoms with van der Waals surface area (Å²) in [6.07, 6.45) is 6.10. The van der Waals surface area contributed by atoms with Gasteiger partial charge >= 0.3 is 0 Å². The summed E-state index contributed by atoms with van der Waals surface area (Å²) in [6, 6.07) is 2.04. The third kappa shape index (κ3) is 3.41. The molecule has 2 aliphatic heterocycles. The minimum absolute atomic E-state index is 0.0848. The molecule has 0 aromatic carbocycles. The predicted octanol–water partition coefficient (Wildman–Crippen LogP) is 2.81. The minimum atomic E-state index is -0.0848. The zero-order chi connectivity index (χ0) is 22.6. The van der Waals surface area contributed by atoms with Crippen LogP contribution in [-0.2, 0) is 13.6 Å². The van der Waals surface area contributed by atoms with Crippen molar-refractivity contribution in [2.45, 2.75) is 50.1 Å². The number of nitrogen functional groups attached to an aromatic ring is 1. The van der Waals surface area contributed by atoms with Crippen molar-refractivity contribution in [3.63, 3.8) is 0 Å². The topological polar surface area (TPSA) is 115 Å². The highest BCUT2D eigenvalue weighted by Gasteiger charge is 2.46. The highest BCUT2D eigenvalue weighted by molar-refractivity contribution is 8.14. The number of nitrogens with two attached hydrogens (primary N) is 2. The monoisotopic (exact) mass is 473 g/mol. The van der Waals surface area contributed by atoms with E-state index in [1.807, 2.05) is 0 Å². The van der Waals surface area contributed by atoms with E-state index in [0.29, 0.717) is 28.1 Å². The summed E-state index contributed by atoms with van der Waals surface area (Å²) in [7, 11) is 1.79. The quantitative estimate of drug-likeness (QED) is 0.688. The Morgan fingerprint density at radius 1 is 1.28 bits per heavy atom. The number of hydrogen-bond acceptors (Lipinski definition) is 8. The van der Waals surface area contributed by atoms with Gasteiger partial charge in [0, 0.05) is 37.3 Å². The Morgan fingerprint density at radius 3 is 2.72 bits per heavy atom. The molecule has 0 unspecified atom stereocenters. The zero-order valence-corrected chi connectivity index (χ0v) is 19.9. The molecule has 4 heterocycles. The molecule has 2 aromatic rings. The van der Waals surface area contributed by atoms with E-state index in [9.17, 15) is 4.79 Å². The normalized spacial score (nSPS) is 24.1. The minimum Gasteiger partial charge on any atom is -0.382 e. The first kappa shape index (κ1) is 21.7. The van der Waals surface area contributed by atoms with E-state index in [1.54, 1.807) is 23.9 Å². The number of anilines is 2. The van der Waals surface area contributed by atoms with E-state index in [1.165, 1.54) is 24.6 Å². The summed E-state index contributed by atoms with van der Waals surface area (Å²) in [5, 5.41) is 0.993. The second-order valence-corrected chi connectivity index (χ2v) is 10.6. The summed E-state index contributed by atoms with van der Waals surface area (Å²) in [5.41, 5.74) is 13.8. The average molecular weight is 474 g/mol. The van der Waals surface area contributed by atoms with Gasteiger partial charge in [-0.25, -0.2) is 9.97 Å². The SMILES string of the molecule is C[C@@H]1CCC2(CCN(c3nc4c(c(=O)n3C)C(Sc3ccnc(N)c3Cl)=NC4)CC2)[C@@H]1N. The number of halogens is 1. The summed E-state index contributed by atoms with van der Waals surface area (Å²) < 4.78 is 1.65. The number of aliphatic imine (C=N–C) groups is 1. The molecule has 8 nitrogen and oxygen atoms in total. The molecular formula is C22H28ClN7OS. The van der Waals surface area contributed by atoms with E-state index in [2.05, 4.69) is 21.8 Å². The van der Waals surface area contributed by atoms with Crippen LogP contribution >= 0.6 is 23.4 Å². The lowest BCUT2D eigenvalue weighted by Crippen LogP contribution is -2.49. The van der Waals surface area contributed by atoms with Crippen LogP contribution in [0.3, 0.4) is 0 Å². The summed E-state index contributed by atoms with van der Waals surface area (Å²) in [6.45, 7) is 4.39. The number of nitrogens with zero attached hydrogens (tertiary/aromatic N) is 5. The lowest BCUT2D eigenvalue weighted by atomic mass is 9.73. The van der Waals surface area contributed by atoms with E-state index in [4.69, 9.17) is 28.1 Å². The molecule has 4 N–H and O–H groups in total. The Morgan fingerprint density at radius 2 is 2.03 bits per heavy atom. The summed E-state index contributed by atoms with van der Waals surface area (Å²) in [4.78, 5) is 29.7. The molecule has 32 heavy (non-hydrogen) atoms. The number of rotatable bonds is 2. The van der Waals surface area contributed by atoms with Crippen LogP contribution < -0.4 is 21.9 Å². The van der Waals surface area contributed by atoms with Crippen molar-refractivity contribution in [2.24, 2.45) is 29.1 Å². The van der Waals surface area contributed by atoms with Gasteiger partial charge in [0.15, 0.2) is 0 Å². The first-order valence-corrected chi connectivity index (χ1v) is 12.2. The van der Waals surface area contributed by atoms with E-state index in [0.717, 1.165) is 42.5 Å². The van der Waals surface area contributed by atoms with Gasteiger partial charge in [0.05, 0.1) is 22.8 Å². The van der Waals surface area contributed by atoms with Gasteiger partial charge in [-0.3, -0.25) is 14.4 Å². The van der Waals surface area contributed by atoms with Crippen LogP contribution in [0.15, 0.2) is 26.9 Å². The molecule has 0 amide bonds. The predicted molar refractivity (Wildman–Crippen MR) is 129 cm³/mol. The fourth-order valence-electron chi connectivity index (χ4n) is 5.38. The van der Waals surface area contributed by atoms with E-state index in [-0.39, 0.29) is 22.8 Å². The van der Waals surface area contributed by atoms with Gasteiger partial charge in [0.2, 0.25) is 5.95 Å². The van der Waals surface area contributed by atoms with Crippen molar-refractivity contribution >= 4 is 40.2 Å². The summed E-state index contributed by atoms with van der Waals surface area (Å²) in [5.74, 6) is 1.56. The molecule has 1 aliphatic carbocycles. The van der Waals surface area contributed by atoms with Crippen LogP contribution in [0.4, 0.5) is 11.8 Å². The first-order chi connectivity index (χ1) is 15.3. The first-order valence-electron chi connectivity index (χ1n) is 11.0. The Hall–Kier alpha value is -2.10. The molecule has 2 fully saturated rings. The van der Waals surface area contributed by atoms with Gasteiger partial charge < -0.3 is 16.4 Å². The van der Waals surface area contributed by atoms with Crippen molar-refractivity contribution in [1.82, 2.24) is 14.5 Å². The molecule has 1 saturated carbocycles. The van der Waals surface area contributed by atoms with Gasteiger partial charge in [-0.05, 0) is 43.1 Å². The zero-order valence-electron chi connectivity index (χ0n) is 18.3. The summed E-state index contributed by atoms with van der Waals surface area (Å²) >= 11 is 7.62. The standard InChI is InChI=1S/C22H28ClN7OS/c1-12-3-5-22(17(12)24)6-9-30(10-7-22)21-28-13-11-27-19(15(13)20(31)29(21)2)32-14-4-8-26-18(25)16(14)23/h4,8,12,17H,3,5-7,9-11,24H2,1-2H3,(H2,25,26)/t12-,17-/m1/s1. The fraction of sp³-hybridized carbons (Fsp3) is 0.545. The van der Waals surface area contributed by atoms with Gasteiger partial charge in [-0.2, -0.15) is 0 Å². The molecule has 0 bridgehead atoms. The van der Waals surface area contributed by atoms with Gasteiger partial charge in [0.25, 0.3) is 5.56 Å². The Bertz CT molecular complexity index is 1160. The number of pyridine rings is 1. The van der Waals surface area contributed by atoms with Crippen LogP contribution in [0, 0.1) is 11.3 Å². The average Bonchev–Trinajstić information content (AvgIpc) is 3.31. The molecule has 5 rings (SSSR count). The molecule has 170 valence electrons. The number of aromatic nitrogens is 3. The maximum atomic E-state index is 13.3. The van der Waals surface area contributed by atoms with Crippen LogP contribution in [-0.4, -0.2) is 38.7 Å². The molecule has 2 atom stereocenters. The molecule has 0 radical (unpaired) electrons. The van der Waals surface area contributed by atoms with Crippen molar-refractivity contribution < 1.29 is 0 Å². The fourth-order valence-corrected chi connectivity index (χ4v) is 6.57. The molecule has 1 spiro atoms. The van der Waals surface area contributed by atoms with Crippen molar-refractivity contribution in [3.8, 4) is 0 Å². The number of fused-ring (bicyclic) bond motifs is 1. The molecule has 10 heteroatoms.